The highest BCUT2D eigenvalue weighted by Gasteiger charge is 2.46. The van der Waals surface area contributed by atoms with Gasteiger partial charge in [-0.2, -0.15) is 0 Å². The second kappa shape index (κ2) is 5.34. The number of likely N-dealkylation sites (tertiary alicyclic amines) is 2. The Kier molecular flexibility index (Phi) is 3.32. The minimum Gasteiger partial charge on any atom is -0.337 e. The maximum Gasteiger partial charge on any atom is 0.274 e. The summed E-state index contributed by atoms with van der Waals surface area (Å²) in [6.07, 6.45) is 9.33. The number of fused-ring (bicyclic) bond motifs is 1. The van der Waals surface area contributed by atoms with E-state index in [-0.39, 0.29) is 23.9 Å². The number of hydrogen-bond donors (Lipinski definition) is 0. The fourth-order valence-corrected chi connectivity index (χ4v) is 3.77. The van der Waals surface area contributed by atoms with Gasteiger partial charge in [0, 0.05) is 31.9 Å². The summed E-state index contributed by atoms with van der Waals surface area (Å²) < 4.78 is 0. The van der Waals surface area contributed by atoms with E-state index in [9.17, 15) is 9.59 Å². The number of amides is 2. The highest BCUT2D eigenvalue weighted by atomic mass is 16.2. The van der Waals surface area contributed by atoms with Crippen molar-refractivity contribution in [3.63, 3.8) is 0 Å². The number of hydrogen-bond acceptors (Lipinski definition) is 4. The summed E-state index contributed by atoms with van der Waals surface area (Å²) in [5.41, 5.74) is 0.397. The molecule has 4 rings (SSSR count). The summed E-state index contributed by atoms with van der Waals surface area (Å²) in [5.74, 6) is 0.899. The van der Waals surface area contributed by atoms with Gasteiger partial charge in [0.05, 0.1) is 18.3 Å². The van der Waals surface area contributed by atoms with Gasteiger partial charge in [-0.3, -0.25) is 14.6 Å². The highest BCUT2D eigenvalue weighted by Crippen LogP contribution is 2.36. The molecule has 2 aliphatic heterocycles. The first-order valence-corrected chi connectivity index (χ1v) is 8.10. The Morgan fingerprint density at radius 1 is 1.18 bits per heavy atom. The molecule has 2 saturated heterocycles. The Morgan fingerprint density at radius 2 is 2.05 bits per heavy atom. The van der Waals surface area contributed by atoms with Crippen LogP contribution < -0.4 is 0 Å². The lowest BCUT2D eigenvalue weighted by atomic mass is 9.95. The first-order chi connectivity index (χ1) is 10.7. The third kappa shape index (κ3) is 2.36. The van der Waals surface area contributed by atoms with E-state index in [1.165, 1.54) is 19.0 Å². The monoisotopic (exact) mass is 300 g/mol. The van der Waals surface area contributed by atoms with E-state index < -0.39 is 0 Å². The van der Waals surface area contributed by atoms with Crippen molar-refractivity contribution in [1.82, 2.24) is 19.8 Å². The predicted molar refractivity (Wildman–Crippen MR) is 78.9 cm³/mol. The van der Waals surface area contributed by atoms with Crippen molar-refractivity contribution in [3.8, 4) is 0 Å². The van der Waals surface area contributed by atoms with Crippen LogP contribution in [0.5, 0.6) is 0 Å². The summed E-state index contributed by atoms with van der Waals surface area (Å²) in [4.78, 5) is 36.9. The highest BCUT2D eigenvalue weighted by molar-refractivity contribution is 5.92. The minimum absolute atomic E-state index is 0.0543. The zero-order valence-electron chi connectivity index (χ0n) is 12.5. The van der Waals surface area contributed by atoms with Crippen LogP contribution in [-0.2, 0) is 4.79 Å². The van der Waals surface area contributed by atoms with Crippen LogP contribution >= 0.6 is 0 Å². The van der Waals surface area contributed by atoms with Crippen molar-refractivity contribution in [2.24, 2.45) is 5.92 Å². The zero-order chi connectivity index (χ0) is 15.1. The summed E-state index contributed by atoms with van der Waals surface area (Å²) in [6, 6.07) is 0.341. The lowest BCUT2D eigenvalue weighted by Gasteiger charge is -2.39. The normalized spacial score (nSPS) is 27.9. The molecule has 3 heterocycles. The van der Waals surface area contributed by atoms with Crippen molar-refractivity contribution in [1.29, 1.82) is 0 Å². The molecule has 3 fully saturated rings. The van der Waals surface area contributed by atoms with Crippen LogP contribution in [0.2, 0.25) is 0 Å². The molecule has 116 valence electrons. The van der Waals surface area contributed by atoms with E-state index in [4.69, 9.17) is 0 Å². The standard InChI is InChI=1S/C16H20N4O2/c21-15-4-3-13-14(20(15)10-11-1-2-11)5-8-19(13)16(22)12-9-17-6-7-18-12/h6-7,9,11,13-14H,1-5,8,10H2/t13-,14-/m1/s1. The van der Waals surface area contributed by atoms with Crippen LogP contribution in [0.25, 0.3) is 0 Å². The van der Waals surface area contributed by atoms with Gasteiger partial charge in [0.15, 0.2) is 0 Å². The van der Waals surface area contributed by atoms with Gasteiger partial charge >= 0.3 is 0 Å². The second-order valence-corrected chi connectivity index (χ2v) is 6.54. The van der Waals surface area contributed by atoms with Crippen LogP contribution in [-0.4, -0.2) is 56.8 Å². The lowest BCUT2D eigenvalue weighted by Crippen LogP contribution is -2.53. The van der Waals surface area contributed by atoms with Crippen LogP contribution in [0.3, 0.4) is 0 Å². The molecule has 1 aromatic rings. The molecule has 0 N–H and O–H groups in total. The quantitative estimate of drug-likeness (QED) is 0.838. The third-order valence-electron chi connectivity index (χ3n) is 5.08. The summed E-state index contributed by atoms with van der Waals surface area (Å²) in [5, 5.41) is 0. The van der Waals surface area contributed by atoms with Gasteiger partial charge in [-0.1, -0.05) is 0 Å². The van der Waals surface area contributed by atoms with Gasteiger partial charge < -0.3 is 9.80 Å². The molecular formula is C16H20N4O2. The average molecular weight is 300 g/mol. The molecule has 1 saturated carbocycles. The van der Waals surface area contributed by atoms with Gasteiger partial charge in [-0.05, 0) is 31.6 Å². The molecule has 2 amide bonds. The fraction of sp³-hybridized carbons (Fsp3) is 0.625. The average Bonchev–Trinajstić information content (AvgIpc) is 3.27. The van der Waals surface area contributed by atoms with Crippen molar-refractivity contribution in [2.75, 3.05) is 13.1 Å². The molecule has 0 spiro atoms. The van der Waals surface area contributed by atoms with E-state index in [0.717, 1.165) is 19.4 Å². The molecule has 0 radical (unpaired) electrons. The second-order valence-electron chi connectivity index (χ2n) is 6.54. The van der Waals surface area contributed by atoms with Crippen molar-refractivity contribution < 1.29 is 9.59 Å². The molecule has 0 bridgehead atoms. The van der Waals surface area contributed by atoms with Crippen LogP contribution in [0.4, 0.5) is 0 Å². The van der Waals surface area contributed by atoms with Crippen molar-refractivity contribution >= 4 is 11.8 Å². The number of rotatable bonds is 3. The predicted octanol–water partition coefficient (Wildman–Crippen LogP) is 1.09. The van der Waals surface area contributed by atoms with E-state index >= 15 is 0 Å². The fourth-order valence-electron chi connectivity index (χ4n) is 3.77. The van der Waals surface area contributed by atoms with Gasteiger partial charge in [0.25, 0.3) is 5.91 Å². The van der Waals surface area contributed by atoms with Gasteiger partial charge in [-0.25, -0.2) is 4.98 Å². The Bertz CT molecular complexity index is 587. The number of carbonyl (C=O) groups excluding carboxylic acids is 2. The first kappa shape index (κ1) is 13.7. The number of carbonyl (C=O) groups is 2. The Balaban J connectivity index is 1.52. The van der Waals surface area contributed by atoms with E-state index in [1.54, 1.807) is 12.4 Å². The number of aromatic nitrogens is 2. The van der Waals surface area contributed by atoms with Crippen molar-refractivity contribution in [3.05, 3.63) is 24.3 Å². The van der Waals surface area contributed by atoms with Gasteiger partial charge in [-0.15, -0.1) is 0 Å². The minimum atomic E-state index is -0.0543. The molecule has 1 aliphatic carbocycles. The van der Waals surface area contributed by atoms with Crippen LogP contribution in [0.15, 0.2) is 18.6 Å². The Hall–Kier alpha value is -1.98. The van der Waals surface area contributed by atoms with Gasteiger partial charge in [0.1, 0.15) is 5.69 Å². The van der Waals surface area contributed by atoms with Crippen LogP contribution in [0.1, 0.15) is 42.6 Å². The van der Waals surface area contributed by atoms with Gasteiger partial charge in [0.2, 0.25) is 5.91 Å². The Labute approximate surface area is 129 Å². The maximum atomic E-state index is 12.6. The van der Waals surface area contributed by atoms with Crippen molar-refractivity contribution in [2.45, 2.75) is 44.2 Å². The Morgan fingerprint density at radius 3 is 2.77 bits per heavy atom. The molecule has 22 heavy (non-hydrogen) atoms. The summed E-state index contributed by atoms with van der Waals surface area (Å²) >= 11 is 0. The molecule has 1 aromatic heterocycles. The molecule has 2 atom stereocenters. The number of nitrogens with zero attached hydrogens (tertiary/aromatic N) is 4. The smallest absolute Gasteiger partial charge is 0.274 e. The van der Waals surface area contributed by atoms with E-state index in [2.05, 4.69) is 14.9 Å². The van der Waals surface area contributed by atoms with E-state index in [0.29, 0.717) is 24.6 Å². The molecule has 0 aromatic carbocycles. The van der Waals surface area contributed by atoms with E-state index in [1.807, 2.05) is 4.90 Å². The SMILES string of the molecule is O=C1CC[C@@H]2[C@@H](CCN2C(=O)c2cnccn2)N1CC1CC1. The zero-order valence-corrected chi connectivity index (χ0v) is 12.5. The molecule has 6 nitrogen and oxygen atoms in total. The maximum absolute atomic E-state index is 12.6. The molecule has 6 heteroatoms. The summed E-state index contributed by atoms with van der Waals surface area (Å²) in [7, 11) is 0. The largest absolute Gasteiger partial charge is 0.337 e. The molecule has 0 unspecified atom stereocenters. The lowest BCUT2D eigenvalue weighted by molar-refractivity contribution is -0.137. The number of piperidine rings is 1. The molecule has 3 aliphatic rings. The summed E-state index contributed by atoms with van der Waals surface area (Å²) in [6.45, 7) is 1.59. The first-order valence-electron chi connectivity index (χ1n) is 8.10. The third-order valence-corrected chi connectivity index (χ3v) is 5.08. The van der Waals surface area contributed by atoms with Crippen LogP contribution in [0, 0.1) is 5.92 Å². The topological polar surface area (TPSA) is 66.4 Å². The molecular weight excluding hydrogens is 280 g/mol.